The van der Waals surface area contributed by atoms with Crippen LogP contribution in [0.3, 0.4) is 0 Å². The van der Waals surface area contributed by atoms with Gasteiger partial charge in [0, 0.05) is 5.56 Å². The Morgan fingerprint density at radius 1 is 1.22 bits per heavy atom. The summed E-state index contributed by atoms with van der Waals surface area (Å²) >= 11 is 1.35. The second kappa shape index (κ2) is 8.32. The summed E-state index contributed by atoms with van der Waals surface area (Å²) in [7, 11) is 3.09. The van der Waals surface area contributed by atoms with Crippen LogP contribution in [0, 0.1) is 0 Å². The number of aliphatic hydroxyl groups is 1. The van der Waals surface area contributed by atoms with Crippen LogP contribution in [0.5, 0.6) is 11.5 Å². The maximum atomic E-state index is 12.5. The van der Waals surface area contributed by atoms with Crippen LogP contribution in [0.1, 0.15) is 22.6 Å². The molecule has 2 N–H and O–H groups in total. The van der Waals surface area contributed by atoms with Crippen molar-refractivity contribution in [3.63, 3.8) is 0 Å². The molecule has 0 saturated carbocycles. The summed E-state index contributed by atoms with van der Waals surface area (Å²) in [5.41, 5.74) is 3.69. The number of aliphatic hydroxyl groups excluding tert-OH is 1. The van der Waals surface area contributed by atoms with Gasteiger partial charge < -0.3 is 14.6 Å². The molecular formula is C19H20N2O5S. The van der Waals surface area contributed by atoms with E-state index in [1.807, 2.05) is 0 Å². The van der Waals surface area contributed by atoms with Gasteiger partial charge in [0.25, 0.3) is 11.8 Å². The maximum Gasteiger partial charge on any atom is 0.272 e. The van der Waals surface area contributed by atoms with Crippen LogP contribution >= 0.6 is 11.8 Å². The fourth-order valence-electron chi connectivity index (χ4n) is 2.77. The van der Waals surface area contributed by atoms with Crippen LogP contribution in [0.4, 0.5) is 0 Å². The van der Waals surface area contributed by atoms with Crippen molar-refractivity contribution in [2.75, 3.05) is 20.0 Å². The van der Waals surface area contributed by atoms with Crippen molar-refractivity contribution < 1.29 is 24.2 Å². The molecule has 1 aliphatic rings. The molecule has 1 aliphatic heterocycles. The Morgan fingerprint density at radius 3 is 2.63 bits per heavy atom. The maximum absolute atomic E-state index is 12.5. The molecule has 2 aromatic carbocycles. The van der Waals surface area contributed by atoms with E-state index in [4.69, 9.17) is 9.47 Å². The number of benzene rings is 2. The Labute approximate surface area is 161 Å². The fraction of sp³-hybridized carbons (Fsp3) is 0.263. The quantitative estimate of drug-likeness (QED) is 0.787. The van der Waals surface area contributed by atoms with Crippen molar-refractivity contribution in [1.29, 1.82) is 0 Å². The first kappa shape index (κ1) is 19.1. The Bertz CT molecular complexity index is 830. The average Bonchev–Trinajstić information content (AvgIpc) is 3.07. The molecule has 1 saturated heterocycles. The van der Waals surface area contributed by atoms with Gasteiger partial charge in [-0.15, -0.1) is 11.8 Å². The summed E-state index contributed by atoms with van der Waals surface area (Å²) in [6, 6.07) is 13.8. The third kappa shape index (κ3) is 4.01. The molecule has 8 heteroatoms. The van der Waals surface area contributed by atoms with Gasteiger partial charge in [0.15, 0.2) is 6.10 Å². The number of nitrogens with one attached hydrogen (secondary N) is 1. The van der Waals surface area contributed by atoms with Gasteiger partial charge in [-0.2, -0.15) is 0 Å². The molecule has 0 radical (unpaired) electrons. The summed E-state index contributed by atoms with van der Waals surface area (Å²) < 4.78 is 10.7. The van der Waals surface area contributed by atoms with Crippen molar-refractivity contribution in [2.24, 2.45) is 0 Å². The average molecular weight is 388 g/mol. The molecule has 0 bridgehead atoms. The lowest BCUT2D eigenvalue weighted by Crippen LogP contribution is -2.46. The van der Waals surface area contributed by atoms with E-state index in [9.17, 15) is 14.7 Å². The SMILES string of the molecule is COc1ccc(OC)c(C2SCC(=O)N2NC(=O)C(O)c2ccccc2)c1. The van der Waals surface area contributed by atoms with Crippen LogP contribution in [-0.2, 0) is 9.59 Å². The predicted molar refractivity (Wildman–Crippen MR) is 101 cm³/mol. The number of nitrogens with zero attached hydrogens (tertiary/aromatic N) is 1. The summed E-state index contributed by atoms with van der Waals surface area (Å²) in [5.74, 6) is 0.451. The number of ether oxygens (including phenoxy) is 2. The number of hydrogen-bond acceptors (Lipinski definition) is 6. The highest BCUT2D eigenvalue weighted by molar-refractivity contribution is 8.00. The molecule has 142 valence electrons. The van der Waals surface area contributed by atoms with Crippen molar-refractivity contribution >= 4 is 23.6 Å². The number of thioether (sulfide) groups is 1. The molecular weight excluding hydrogens is 368 g/mol. The monoisotopic (exact) mass is 388 g/mol. The summed E-state index contributed by atoms with van der Waals surface area (Å²) in [6.45, 7) is 0. The highest BCUT2D eigenvalue weighted by Crippen LogP contribution is 2.42. The van der Waals surface area contributed by atoms with Crippen molar-refractivity contribution in [3.05, 3.63) is 59.7 Å². The zero-order chi connectivity index (χ0) is 19.4. The van der Waals surface area contributed by atoms with Crippen molar-refractivity contribution in [1.82, 2.24) is 10.4 Å². The summed E-state index contributed by atoms with van der Waals surface area (Å²) in [5, 5.41) is 11.0. The smallest absolute Gasteiger partial charge is 0.272 e. The number of rotatable bonds is 6. The van der Waals surface area contributed by atoms with Crippen LogP contribution in [0.15, 0.2) is 48.5 Å². The van der Waals surface area contributed by atoms with E-state index >= 15 is 0 Å². The van der Waals surface area contributed by atoms with Crippen LogP contribution in [0.2, 0.25) is 0 Å². The molecule has 0 spiro atoms. The first-order valence-electron chi connectivity index (χ1n) is 8.24. The van der Waals surface area contributed by atoms with Gasteiger partial charge >= 0.3 is 0 Å². The lowest BCUT2D eigenvalue weighted by atomic mass is 10.1. The number of hydrogen-bond donors (Lipinski definition) is 2. The molecule has 2 aromatic rings. The second-order valence-electron chi connectivity index (χ2n) is 5.82. The van der Waals surface area contributed by atoms with Gasteiger partial charge in [0.05, 0.1) is 20.0 Å². The Kier molecular flexibility index (Phi) is 5.88. The fourth-order valence-corrected chi connectivity index (χ4v) is 3.90. The largest absolute Gasteiger partial charge is 0.497 e. The second-order valence-corrected chi connectivity index (χ2v) is 6.89. The normalized spacial score (nSPS) is 17.5. The van der Waals surface area contributed by atoms with E-state index in [0.29, 0.717) is 22.6 Å². The van der Waals surface area contributed by atoms with E-state index in [1.54, 1.807) is 55.6 Å². The summed E-state index contributed by atoms with van der Waals surface area (Å²) in [6.07, 6.45) is -1.38. The van der Waals surface area contributed by atoms with Gasteiger partial charge in [-0.1, -0.05) is 30.3 Å². The highest BCUT2D eigenvalue weighted by Gasteiger charge is 2.37. The Balaban J connectivity index is 1.84. The van der Waals surface area contributed by atoms with Gasteiger partial charge in [-0.05, 0) is 23.8 Å². The zero-order valence-corrected chi connectivity index (χ0v) is 15.7. The molecule has 2 amide bonds. The minimum Gasteiger partial charge on any atom is -0.497 e. The summed E-state index contributed by atoms with van der Waals surface area (Å²) in [4.78, 5) is 24.8. The predicted octanol–water partition coefficient (Wildman–Crippen LogP) is 2.04. The van der Waals surface area contributed by atoms with Crippen LogP contribution in [-0.4, -0.2) is 41.9 Å². The topological polar surface area (TPSA) is 88.1 Å². The molecule has 0 aliphatic carbocycles. The van der Waals surface area contributed by atoms with Crippen LogP contribution in [0.25, 0.3) is 0 Å². The molecule has 27 heavy (non-hydrogen) atoms. The molecule has 2 unspecified atom stereocenters. The minimum atomic E-state index is -1.38. The van der Waals surface area contributed by atoms with Crippen molar-refractivity contribution in [3.8, 4) is 11.5 Å². The standard InChI is InChI=1S/C19H20N2O5S/c1-25-13-8-9-15(26-2)14(10-13)19-21(16(22)11-27-19)20-18(24)17(23)12-6-4-3-5-7-12/h3-10,17,19,23H,11H2,1-2H3,(H,20,24). The van der Waals surface area contributed by atoms with E-state index < -0.39 is 17.4 Å². The highest BCUT2D eigenvalue weighted by atomic mass is 32.2. The van der Waals surface area contributed by atoms with E-state index in [2.05, 4.69) is 5.43 Å². The zero-order valence-electron chi connectivity index (χ0n) is 14.9. The molecule has 3 rings (SSSR count). The first-order chi connectivity index (χ1) is 13.0. The third-order valence-electron chi connectivity index (χ3n) is 4.17. The van der Waals surface area contributed by atoms with Gasteiger partial charge in [0.2, 0.25) is 0 Å². The Morgan fingerprint density at radius 2 is 1.96 bits per heavy atom. The molecule has 1 heterocycles. The van der Waals surface area contributed by atoms with Gasteiger partial charge in [-0.3, -0.25) is 15.0 Å². The first-order valence-corrected chi connectivity index (χ1v) is 9.29. The third-order valence-corrected chi connectivity index (χ3v) is 5.36. The number of carbonyl (C=O) groups is 2. The molecule has 2 atom stereocenters. The van der Waals surface area contributed by atoms with Gasteiger partial charge in [-0.25, -0.2) is 5.01 Å². The van der Waals surface area contributed by atoms with E-state index in [-0.39, 0.29) is 11.7 Å². The van der Waals surface area contributed by atoms with Crippen LogP contribution < -0.4 is 14.9 Å². The number of carbonyl (C=O) groups excluding carboxylic acids is 2. The van der Waals surface area contributed by atoms with E-state index in [0.717, 1.165) is 0 Å². The number of amides is 2. The molecule has 7 nitrogen and oxygen atoms in total. The number of methoxy groups -OCH3 is 2. The number of hydrazine groups is 1. The van der Waals surface area contributed by atoms with E-state index in [1.165, 1.54) is 23.9 Å². The van der Waals surface area contributed by atoms with Gasteiger partial charge in [0.1, 0.15) is 16.9 Å². The molecule has 1 fully saturated rings. The lowest BCUT2D eigenvalue weighted by molar-refractivity contribution is -0.144. The Hall–Kier alpha value is -2.71. The van der Waals surface area contributed by atoms with Crippen molar-refractivity contribution in [2.45, 2.75) is 11.5 Å². The molecule has 0 aromatic heterocycles. The minimum absolute atomic E-state index is 0.201. The lowest BCUT2D eigenvalue weighted by Gasteiger charge is -2.27.